The monoisotopic (exact) mass is 254 g/mol. The van der Waals surface area contributed by atoms with Crippen LogP contribution in [-0.4, -0.2) is 20.0 Å². The lowest BCUT2D eigenvalue weighted by molar-refractivity contribution is 0.379. The van der Waals surface area contributed by atoms with Gasteiger partial charge in [-0.25, -0.2) is 8.42 Å². The molecule has 17 heavy (non-hydrogen) atoms. The van der Waals surface area contributed by atoms with Crippen LogP contribution < -0.4 is 0 Å². The molecule has 4 heteroatoms. The Morgan fingerprint density at radius 2 is 1.88 bits per heavy atom. The van der Waals surface area contributed by atoms with Gasteiger partial charge in [0.2, 0.25) is 9.84 Å². The van der Waals surface area contributed by atoms with E-state index in [9.17, 15) is 8.42 Å². The second-order valence-corrected chi connectivity index (χ2v) is 6.57. The zero-order valence-corrected chi connectivity index (χ0v) is 11.0. The maximum absolute atomic E-state index is 12.2. The first-order valence-electron chi connectivity index (χ1n) is 6.01. The van der Waals surface area contributed by atoms with Gasteiger partial charge in [0, 0.05) is 0 Å². The predicted molar refractivity (Wildman–Crippen MR) is 66.6 cm³/mol. The maximum atomic E-state index is 12.2. The van der Waals surface area contributed by atoms with Crippen molar-refractivity contribution in [2.45, 2.75) is 49.5 Å². The van der Waals surface area contributed by atoms with Gasteiger partial charge in [0.1, 0.15) is 6.10 Å². The van der Waals surface area contributed by atoms with Crippen LogP contribution in [0.2, 0.25) is 0 Å². The quantitative estimate of drug-likeness (QED) is 0.759. The summed E-state index contributed by atoms with van der Waals surface area (Å²) in [5.41, 5.74) is 0.444. The molecule has 94 valence electrons. The van der Waals surface area contributed by atoms with Crippen molar-refractivity contribution in [2.75, 3.05) is 0 Å². The Bertz CT molecular complexity index is 476. The lowest BCUT2D eigenvalue weighted by Crippen LogP contribution is -2.11. The number of sulfone groups is 1. The first-order valence-corrected chi connectivity index (χ1v) is 7.56. The van der Waals surface area contributed by atoms with Gasteiger partial charge in [0.25, 0.3) is 0 Å². The molecule has 2 atom stereocenters. The molecule has 0 aliphatic carbocycles. The summed E-state index contributed by atoms with van der Waals surface area (Å²) in [4.78, 5) is 0.368. The van der Waals surface area contributed by atoms with Gasteiger partial charge in [-0.05, 0) is 25.5 Å². The number of rotatable bonds is 5. The number of aryl methyl sites for hydroxylation is 1. The Morgan fingerprint density at radius 3 is 2.47 bits per heavy atom. The van der Waals surface area contributed by atoms with E-state index in [0.717, 1.165) is 24.8 Å². The zero-order chi connectivity index (χ0) is 12.5. The van der Waals surface area contributed by atoms with Crippen LogP contribution in [0.1, 0.15) is 31.7 Å². The second kappa shape index (κ2) is 4.78. The second-order valence-electron chi connectivity index (χ2n) is 4.54. The summed E-state index contributed by atoms with van der Waals surface area (Å²) < 4.78 is 29.6. The molecule has 1 saturated heterocycles. The highest BCUT2D eigenvalue weighted by Crippen LogP contribution is 2.35. The lowest BCUT2D eigenvalue weighted by Gasteiger charge is -2.01. The predicted octanol–water partition coefficient (Wildman–Crippen LogP) is 2.68. The number of ether oxygens (including phenoxy) is 1. The largest absolute Gasteiger partial charge is 0.352 e. The summed E-state index contributed by atoms with van der Waals surface area (Å²) in [6, 6.07) is 6.94. The molecule has 0 amide bonds. The van der Waals surface area contributed by atoms with E-state index in [0.29, 0.717) is 4.90 Å². The average molecular weight is 254 g/mol. The van der Waals surface area contributed by atoms with E-state index in [1.807, 2.05) is 19.1 Å². The number of epoxide rings is 1. The van der Waals surface area contributed by atoms with Gasteiger partial charge in [0.05, 0.1) is 4.90 Å². The molecule has 0 bridgehead atoms. The van der Waals surface area contributed by atoms with Crippen LogP contribution in [0.5, 0.6) is 0 Å². The minimum absolute atomic E-state index is 0.0961. The fourth-order valence-corrected chi connectivity index (χ4v) is 3.48. The first-order chi connectivity index (χ1) is 8.05. The number of hydrogen-bond donors (Lipinski definition) is 0. The molecule has 3 nitrogen and oxygen atoms in total. The van der Waals surface area contributed by atoms with Crippen molar-refractivity contribution in [1.29, 1.82) is 0 Å². The highest BCUT2D eigenvalue weighted by atomic mass is 32.2. The summed E-state index contributed by atoms with van der Waals surface area (Å²) in [5, 5.41) is 0. The third kappa shape index (κ3) is 2.69. The molecule has 1 heterocycles. The van der Waals surface area contributed by atoms with Crippen molar-refractivity contribution in [2.24, 2.45) is 0 Å². The van der Waals surface area contributed by atoms with Crippen molar-refractivity contribution in [1.82, 2.24) is 0 Å². The van der Waals surface area contributed by atoms with Gasteiger partial charge in [-0.3, -0.25) is 0 Å². The molecule has 2 rings (SSSR count). The van der Waals surface area contributed by atoms with Crippen molar-refractivity contribution < 1.29 is 13.2 Å². The molecule has 0 spiro atoms. The fraction of sp³-hybridized carbons (Fsp3) is 0.538. The normalized spacial score (nSPS) is 23.6. The van der Waals surface area contributed by atoms with Gasteiger partial charge >= 0.3 is 0 Å². The third-order valence-electron chi connectivity index (χ3n) is 3.03. The van der Waals surface area contributed by atoms with E-state index in [2.05, 4.69) is 6.92 Å². The highest BCUT2D eigenvalue weighted by molar-refractivity contribution is 7.92. The van der Waals surface area contributed by atoms with Crippen LogP contribution in [0.25, 0.3) is 0 Å². The molecule has 0 saturated carbocycles. The van der Waals surface area contributed by atoms with E-state index in [1.165, 1.54) is 0 Å². The molecule has 1 fully saturated rings. The Hall–Kier alpha value is -0.870. The summed E-state index contributed by atoms with van der Waals surface area (Å²) in [5.74, 6) is 0. The minimum atomic E-state index is -3.28. The van der Waals surface area contributed by atoms with Gasteiger partial charge in [-0.1, -0.05) is 37.5 Å². The lowest BCUT2D eigenvalue weighted by atomic mass is 10.2. The summed E-state index contributed by atoms with van der Waals surface area (Å²) in [6.07, 6.45) is 2.83. The molecule has 1 aromatic carbocycles. The number of benzene rings is 1. The summed E-state index contributed by atoms with van der Waals surface area (Å²) in [7, 11) is -3.28. The van der Waals surface area contributed by atoms with Crippen molar-refractivity contribution in [3.63, 3.8) is 0 Å². The molecule has 1 aromatic rings. The van der Waals surface area contributed by atoms with Crippen molar-refractivity contribution >= 4 is 9.84 Å². The Balaban J connectivity index is 2.08. The number of hydrogen-bond acceptors (Lipinski definition) is 3. The molecular weight excluding hydrogens is 236 g/mol. The van der Waals surface area contributed by atoms with Crippen molar-refractivity contribution in [3.05, 3.63) is 29.8 Å². The smallest absolute Gasteiger partial charge is 0.207 e. The molecule has 0 N–H and O–H groups in total. The highest BCUT2D eigenvalue weighted by Gasteiger charge is 2.49. The van der Waals surface area contributed by atoms with E-state index in [-0.39, 0.29) is 6.10 Å². The van der Waals surface area contributed by atoms with Crippen molar-refractivity contribution in [3.8, 4) is 0 Å². The van der Waals surface area contributed by atoms with E-state index in [4.69, 9.17) is 4.74 Å². The summed E-state index contributed by atoms with van der Waals surface area (Å²) >= 11 is 0. The van der Waals surface area contributed by atoms with E-state index in [1.54, 1.807) is 12.1 Å². The van der Waals surface area contributed by atoms with Crippen LogP contribution in [0, 0.1) is 6.92 Å². The van der Waals surface area contributed by atoms with E-state index >= 15 is 0 Å². The molecule has 0 aromatic heterocycles. The Labute approximate surface area is 103 Å². The SMILES string of the molecule is CCCC[C@@H]1O[C@@H]1S(=O)(=O)c1ccc(C)cc1. The van der Waals surface area contributed by atoms with Gasteiger partial charge in [0.15, 0.2) is 5.44 Å². The Morgan fingerprint density at radius 1 is 1.24 bits per heavy atom. The molecule has 0 radical (unpaired) electrons. The minimum Gasteiger partial charge on any atom is -0.352 e. The summed E-state index contributed by atoms with van der Waals surface area (Å²) in [6.45, 7) is 4.03. The first kappa shape index (κ1) is 12.6. The van der Waals surface area contributed by atoms with Gasteiger partial charge in [-0.2, -0.15) is 0 Å². The molecule has 1 aliphatic rings. The van der Waals surface area contributed by atoms with Gasteiger partial charge in [-0.15, -0.1) is 0 Å². The van der Waals surface area contributed by atoms with Crippen LogP contribution in [0.3, 0.4) is 0 Å². The topological polar surface area (TPSA) is 46.7 Å². The zero-order valence-electron chi connectivity index (χ0n) is 10.2. The molecule has 1 aliphatic heterocycles. The standard InChI is InChI=1S/C13H18O3S/c1-3-4-5-12-13(16-12)17(14,15)11-8-6-10(2)7-9-11/h6-9,12-13H,3-5H2,1-2H3/t12-,13+/m0/s1. The Kier molecular flexibility index (Phi) is 3.54. The average Bonchev–Trinajstić information content (AvgIpc) is 3.07. The fourth-order valence-electron chi connectivity index (χ4n) is 1.87. The van der Waals surface area contributed by atoms with Crippen LogP contribution in [-0.2, 0) is 14.6 Å². The number of unbranched alkanes of at least 4 members (excludes halogenated alkanes) is 1. The van der Waals surface area contributed by atoms with Crippen LogP contribution in [0.15, 0.2) is 29.2 Å². The molecular formula is C13H18O3S. The van der Waals surface area contributed by atoms with Crippen LogP contribution >= 0.6 is 0 Å². The van der Waals surface area contributed by atoms with Gasteiger partial charge < -0.3 is 4.74 Å². The third-order valence-corrected chi connectivity index (χ3v) is 4.99. The molecule has 0 unspecified atom stereocenters. The van der Waals surface area contributed by atoms with E-state index < -0.39 is 15.3 Å². The van der Waals surface area contributed by atoms with Crippen LogP contribution in [0.4, 0.5) is 0 Å². The maximum Gasteiger partial charge on any atom is 0.207 e.